The van der Waals surface area contributed by atoms with Crippen LogP contribution in [-0.4, -0.2) is 16.6 Å². The zero-order chi connectivity index (χ0) is 16.9. The van der Waals surface area contributed by atoms with Gasteiger partial charge in [-0.1, -0.05) is 40.2 Å². The third-order valence-electron chi connectivity index (χ3n) is 3.54. The Morgan fingerprint density at radius 1 is 1.25 bits per heavy atom. The van der Waals surface area contributed by atoms with E-state index in [-0.39, 0.29) is 11.9 Å². The number of benzene rings is 2. The molecule has 0 radical (unpaired) electrons. The molecule has 2 aromatic carbocycles. The Bertz CT molecular complexity index is 799. The van der Waals surface area contributed by atoms with E-state index in [1.165, 1.54) is 4.70 Å². The first-order chi connectivity index (χ1) is 11.6. The summed E-state index contributed by atoms with van der Waals surface area (Å²) in [5.74, 6) is 1.26. The van der Waals surface area contributed by atoms with Crippen molar-refractivity contribution >= 4 is 55.2 Å². The van der Waals surface area contributed by atoms with Gasteiger partial charge in [-0.05, 0) is 36.8 Å². The number of thioether (sulfide) groups is 1. The second-order valence-corrected chi connectivity index (χ2v) is 8.43. The van der Waals surface area contributed by atoms with Gasteiger partial charge in [0.25, 0.3) is 0 Å². The fourth-order valence-electron chi connectivity index (χ4n) is 2.33. The monoisotopic (exact) mass is 420 g/mol. The summed E-state index contributed by atoms with van der Waals surface area (Å²) < 4.78 is 2.23. The number of carbonyl (C=O) groups excluding carboxylic acids is 1. The standard InChI is InChI=1S/C18H17BrN2OS2/c1-12(13-6-8-14(19)9-7-13)20-17(22)10-23-11-18-21-15-4-2-3-5-16(15)24-18/h2-9,12H,10-11H2,1H3,(H,20,22). The van der Waals surface area contributed by atoms with E-state index in [4.69, 9.17) is 0 Å². The number of carbonyl (C=O) groups is 1. The smallest absolute Gasteiger partial charge is 0.230 e. The minimum Gasteiger partial charge on any atom is -0.349 e. The molecule has 0 aliphatic heterocycles. The molecule has 1 amide bonds. The largest absolute Gasteiger partial charge is 0.349 e. The van der Waals surface area contributed by atoms with Crippen LogP contribution in [0.25, 0.3) is 10.2 Å². The number of para-hydroxylation sites is 1. The van der Waals surface area contributed by atoms with Crippen molar-refractivity contribution in [2.75, 3.05) is 5.75 Å². The van der Waals surface area contributed by atoms with Crippen molar-refractivity contribution in [2.45, 2.75) is 18.7 Å². The Labute approximate surface area is 158 Å². The summed E-state index contributed by atoms with van der Waals surface area (Å²) >= 11 is 6.71. The van der Waals surface area contributed by atoms with Gasteiger partial charge in [-0.15, -0.1) is 23.1 Å². The lowest BCUT2D eigenvalue weighted by Crippen LogP contribution is -2.28. The fraction of sp³-hybridized carbons (Fsp3) is 0.222. The summed E-state index contributed by atoms with van der Waals surface area (Å²) in [4.78, 5) is 16.7. The van der Waals surface area contributed by atoms with E-state index in [9.17, 15) is 4.79 Å². The van der Waals surface area contributed by atoms with Gasteiger partial charge in [-0.2, -0.15) is 0 Å². The summed E-state index contributed by atoms with van der Waals surface area (Å²) in [6, 6.07) is 16.1. The first-order valence-electron chi connectivity index (χ1n) is 7.59. The number of halogens is 1. The van der Waals surface area contributed by atoms with Crippen molar-refractivity contribution in [1.29, 1.82) is 0 Å². The van der Waals surface area contributed by atoms with Gasteiger partial charge in [0.05, 0.1) is 22.0 Å². The van der Waals surface area contributed by atoms with Crippen molar-refractivity contribution in [1.82, 2.24) is 10.3 Å². The van der Waals surface area contributed by atoms with Crippen LogP contribution in [0.4, 0.5) is 0 Å². The first kappa shape index (κ1) is 17.5. The van der Waals surface area contributed by atoms with Gasteiger partial charge in [-0.25, -0.2) is 4.98 Å². The fourth-order valence-corrected chi connectivity index (χ4v) is 4.45. The number of hydrogen-bond donors (Lipinski definition) is 1. The molecule has 124 valence electrons. The van der Waals surface area contributed by atoms with Gasteiger partial charge in [0.1, 0.15) is 5.01 Å². The highest BCUT2D eigenvalue weighted by molar-refractivity contribution is 9.10. The lowest BCUT2D eigenvalue weighted by Gasteiger charge is -2.14. The molecule has 1 N–H and O–H groups in total. The number of amides is 1. The second-order valence-electron chi connectivity index (χ2n) is 5.41. The van der Waals surface area contributed by atoms with Crippen molar-refractivity contribution in [3.05, 3.63) is 63.6 Å². The van der Waals surface area contributed by atoms with Gasteiger partial charge >= 0.3 is 0 Å². The maximum atomic E-state index is 12.1. The number of thiazole rings is 1. The predicted octanol–water partition coefficient (Wildman–Crippen LogP) is 5.17. The lowest BCUT2D eigenvalue weighted by molar-refractivity contribution is -0.119. The minimum absolute atomic E-state index is 0.00801. The van der Waals surface area contributed by atoms with E-state index >= 15 is 0 Å². The van der Waals surface area contributed by atoms with Gasteiger partial charge in [0.2, 0.25) is 5.91 Å². The highest BCUT2D eigenvalue weighted by Crippen LogP contribution is 2.24. The molecule has 0 spiro atoms. The SMILES string of the molecule is CC(NC(=O)CSCc1nc2ccccc2s1)c1ccc(Br)cc1. The molecular weight excluding hydrogens is 404 g/mol. The van der Waals surface area contributed by atoms with Crippen LogP contribution in [0.15, 0.2) is 53.0 Å². The Kier molecular flexibility index (Phi) is 5.92. The summed E-state index contributed by atoms with van der Waals surface area (Å²) in [6.07, 6.45) is 0. The molecule has 3 rings (SSSR count). The summed E-state index contributed by atoms with van der Waals surface area (Å²) in [6.45, 7) is 2.00. The molecule has 1 unspecified atom stereocenters. The molecular formula is C18H17BrN2OS2. The number of rotatable bonds is 6. The van der Waals surface area contributed by atoms with Crippen molar-refractivity contribution in [3.63, 3.8) is 0 Å². The van der Waals surface area contributed by atoms with Gasteiger partial charge in [-0.3, -0.25) is 4.79 Å². The maximum absolute atomic E-state index is 12.1. The topological polar surface area (TPSA) is 42.0 Å². The first-order valence-corrected chi connectivity index (χ1v) is 10.4. The molecule has 0 fully saturated rings. The van der Waals surface area contributed by atoms with Crippen LogP contribution in [0.2, 0.25) is 0 Å². The zero-order valence-electron chi connectivity index (χ0n) is 13.2. The average Bonchev–Trinajstić information content (AvgIpc) is 2.98. The Balaban J connectivity index is 1.47. The number of aromatic nitrogens is 1. The highest BCUT2D eigenvalue weighted by Gasteiger charge is 2.10. The van der Waals surface area contributed by atoms with E-state index in [1.807, 2.05) is 49.4 Å². The normalized spacial score (nSPS) is 12.2. The molecule has 0 aliphatic rings. The van der Waals surface area contributed by atoms with Gasteiger partial charge < -0.3 is 5.32 Å². The summed E-state index contributed by atoms with van der Waals surface area (Å²) in [7, 11) is 0. The van der Waals surface area contributed by atoms with Crippen molar-refractivity contribution in [3.8, 4) is 0 Å². The molecule has 0 saturated heterocycles. The maximum Gasteiger partial charge on any atom is 0.230 e. The zero-order valence-corrected chi connectivity index (χ0v) is 16.4. The van der Waals surface area contributed by atoms with Crippen LogP contribution in [0, 0.1) is 0 Å². The van der Waals surface area contributed by atoms with E-state index in [0.29, 0.717) is 5.75 Å². The molecule has 3 aromatic rings. The van der Waals surface area contributed by atoms with Crippen molar-refractivity contribution < 1.29 is 4.79 Å². The molecule has 1 heterocycles. The van der Waals surface area contributed by atoms with Crippen LogP contribution >= 0.6 is 39.0 Å². The quantitative estimate of drug-likeness (QED) is 0.597. The molecule has 24 heavy (non-hydrogen) atoms. The number of hydrogen-bond acceptors (Lipinski definition) is 4. The number of fused-ring (bicyclic) bond motifs is 1. The van der Waals surface area contributed by atoms with Crippen LogP contribution in [0.1, 0.15) is 23.5 Å². The molecule has 0 bridgehead atoms. The van der Waals surface area contributed by atoms with Crippen LogP contribution in [0.5, 0.6) is 0 Å². The molecule has 3 nitrogen and oxygen atoms in total. The molecule has 1 atom stereocenters. The van der Waals surface area contributed by atoms with Crippen molar-refractivity contribution in [2.24, 2.45) is 0 Å². The molecule has 0 aliphatic carbocycles. The average molecular weight is 421 g/mol. The second kappa shape index (κ2) is 8.14. The van der Waals surface area contributed by atoms with E-state index < -0.39 is 0 Å². The van der Waals surface area contributed by atoms with E-state index in [0.717, 1.165) is 26.3 Å². The van der Waals surface area contributed by atoms with E-state index in [1.54, 1.807) is 23.1 Å². The Hall–Kier alpha value is -1.37. The summed E-state index contributed by atoms with van der Waals surface area (Å²) in [5, 5.41) is 4.10. The number of nitrogens with zero attached hydrogens (tertiary/aromatic N) is 1. The summed E-state index contributed by atoms with van der Waals surface area (Å²) in [5.41, 5.74) is 2.13. The van der Waals surface area contributed by atoms with Gasteiger partial charge in [0, 0.05) is 10.2 Å². The van der Waals surface area contributed by atoms with Crippen LogP contribution in [0.3, 0.4) is 0 Å². The highest BCUT2D eigenvalue weighted by atomic mass is 79.9. The third kappa shape index (κ3) is 4.59. The lowest BCUT2D eigenvalue weighted by atomic mass is 10.1. The molecule has 6 heteroatoms. The van der Waals surface area contributed by atoms with Gasteiger partial charge in [0.15, 0.2) is 0 Å². The van der Waals surface area contributed by atoms with Crippen LogP contribution in [-0.2, 0) is 10.5 Å². The Morgan fingerprint density at radius 3 is 2.75 bits per heavy atom. The number of nitrogens with one attached hydrogen (secondary N) is 1. The minimum atomic E-state index is 0.00801. The predicted molar refractivity (Wildman–Crippen MR) is 106 cm³/mol. The molecule has 0 saturated carbocycles. The third-order valence-corrected chi connectivity index (χ3v) is 6.24. The van der Waals surface area contributed by atoms with Crippen LogP contribution < -0.4 is 5.32 Å². The Morgan fingerprint density at radius 2 is 2.00 bits per heavy atom. The molecule has 1 aromatic heterocycles. The van der Waals surface area contributed by atoms with E-state index in [2.05, 4.69) is 32.3 Å².